The Morgan fingerprint density at radius 1 is 1.16 bits per heavy atom. The maximum Gasteiger partial charge on any atom is 0.156 e. The van der Waals surface area contributed by atoms with Gasteiger partial charge in [0.15, 0.2) is 5.82 Å². The van der Waals surface area contributed by atoms with Crippen LogP contribution in [-0.4, -0.2) is 42.5 Å². The Balaban J connectivity index is 1.47. The van der Waals surface area contributed by atoms with E-state index in [0.717, 1.165) is 43.3 Å². The average molecular weight is 334 g/mol. The number of imidazole rings is 1. The zero-order valence-electron chi connectivity index (χ0n) is 14.4. The molecule has 0 unspecified atom stereocenters. The molecule has 1 aliphatic heterocycles. The molecule has 1 atom stereocenters. The van der Waals surface area contributed by atoms with Gasteiger partial charge in [0.25, 0.3) is 0 Å². The molecule has 4 heterocycles. The standard InChI is InChI=1S/C19H22N6/c1-15-4-5-16(9-22-15)12-24-7-2-3-17(13-24)18-10-21-11-19(23-18)25-8-6-20-14-25/h4-6,8-11,14,17H,2-3,7,12-13H2,1H3/t17-/m0/s1. The predicted molar refractivity (Wildman–Crippen MR) is 95.4 cm³/mol. The summed E-state index contributed by atoms with van der Waals surface area (Å²) in [6.07, 6.45) is 13.4. The third-order valence-electron chi connectivity index (χ3n) is 4.71. The van der Waals surface area contributed by atoms with Crippen LogP contribution in [0.1, 0.15) is 35.7 Å². The van der Waals surface area contributed by atoms with Crippen molar-refractivity contribution in [2.75, 3.05) is 13.1 Å². The van der Waals surface area contributed by atoms with E-state index in [1.54, 1.807) is 18.7 Å². The number of hydrogen-bond acceptors (Lipinski definition) is 5. The predicted octanol–water partition coefficient (Wildman–Crippen LogP) is 2.75. The number of aryl methyl sites for hydroxylation is 1. The minimum atomic E-state index is 0.420. The maximum absolute atomic E-state index is 4.81. The van der Waals surface area contributed by atoms with Crippen LogP contribution in [0.5, 0.6) is 0 Å². The van der Waals surface area contributed by atoms with Crippen LogP contribution in [0.3, 0.4) is 0 Å². The fourth-order valence-corrected chi connectivity index (χ4v) is 3.38. The first kappa shape index (κ1) is 15.9. The Hall–Kier alpha value is -2.60. The van der Waals surface area contributed by atoms with Crippen LogP contribution < -0.4 is 0 Å². The van der Waals surface area contributed by atoms with Crippen molar-refractivity contribution in [2.45, 2.75) is 32.2 Å². The second-order valence-corrected chi connectivity index (χ2v) is 6.65. The van der Waals surface area contributed by atoms with Crippen molar-refractivity contribution >= 4 is 0 Å². The van der Waals surface area contributed by atoms with E-state index in [0.29, 0.717) is 5.92 Å². The molecule has 0 radical (unpaired) electrons. The first-order valence-electron chi connectivity index (χ1n) is 8.72. The SMILES string of the molecule is Cc1ccc(CN2CCC[C@H](c3cncc(-n4ccnc4)n3)C2)cn1. The molecule has 4 rings (SSSR count). The van der Waals surface area contributed by atoms with E-state index in [1.807, 2.05) is 30.1 Å². The van der Waals surface area contributed by atoms with Gasteiger partial charge in [0.05, 0.1) is 11.9 Å². The van der Waals surface area contributed by atoms with Crippen LogP contribution in [-0.2, 0) is 6.54 Å². The summed E-state index contributed by atoms with van der Waals surface area (Å²) in [6.45, 7) is 5.10. The Kier molecular flexibility index (Phi) is 4.52. The lowest BCUT2D eigenvalue weighted by Gasteiger charge is -2.32. The van der Waals surface area contributed by atoms with E-state index in [-0.39, 0.29) is 0 Å². The van der Waals surface area contributed by atoms with Crippen molar-refractivity contribution in [3.63, 3.8) is 0 Å². The second-order valence-electron chi connectivity index (χ2n) is 6.65. The van der Waals surface area contributed by atoms with Crippen molar-refractivity contribution < 1.29 is 0 Å². The molecule has 1 aliphatic rings. The van der Waals surface area contributed by atoms with E-state index in [4.69, 9.17) is 4.98 Å². The average Bonchev–Trinajstić information content (AvgIpc) is 3.19. The number of likely N-dealkylation sites (tertiary alicyclic amines) is 1. The summed E-state index contributed by atoms with van der Waals surface area (Å²) in [4.78, 5) is 20.2. The van der Waals surface area contributed by atoms with Crippen molar-refractivity contribution in [3.8, 4) is 5.82 Å². The zero-order valence-corrected chi connectivity index (χ0v) is 14.4. The van der Waals surface area contributed by atoms with Crippen LogP contribution in [0.15, 0.2) is 49.4 Å². The van der Waals surface area contributed by atoms with Gasteiger partial charge in [0, 0.05) is 49.5 Å². The highest BCUT2D eigenvalue weighted by molar-refractivity contribution is 5.22. The molecular weight excluding hydrogens is 312 g/mol. The second kappa shape index (κ2) is 7.11. The molecule has 1 fully saturated rings. The van der Waals surface area contributed by atoms with Crippen LogP contribution >= 0.6 is 0 Å². The molecule has 0 amide bonds. The summed E-state index contributed by atoms with van der Waals surface area (Å²) in [6, 6.07) is 4.25. The van der Waals surface area contributed by atoms with Gasteiger partial charge in [-0.05, 0) is 37.9 Å². The zero-order chi connectivity index (χ0) is 17.1. The van der Waals surface area contributed by atoms with Crippen molar-refractivity contribution in [3.05, 3.63) is 66.4 Å². The maximum atomic E-state index is 4.81. The number of rotatable bonds is 4. The number of aromatic nitrogens is 5. The highest BCUT2D eigenvalue weighted by Crippen LogP contribution is 2.26. The molecular formula is C19H22N6. The lowest BCUT2D eigenvalue weighted by Crippen LogP contribution is -2.34. The minimum absolute atomic E-state index is 0.420. The molecule has 6 nitrogen and oxygen atoms in total. The lowest BCUT2D eigenvalue weighted by molar-refractivity contribution is 0.198. The third kappa shape index (κ3) is 3.74. The van der Waals surface area contributed by atoms with Crippen molar-refractivity contribution in [1.82, 2.24) is 29.4 Å². The fourth-order valence-electron chi connectivity index (χ4n) is 3.38. The first-order chi connectivity index (χ1) is 12.3. The number of hydrogen-bond donors (Lipinski definition) is 0. The number of nitrogens with zero attached hydrogens (tertiary/aromatic N) is 6. The molecule has 1 saturated heterocycles. The van der Waals surface area contributed by atoms with Gasteiger partial charge in [-0.1, -0.05) is 6.07 Å². The van der Waals surface area contributed by atoms with Crippen LogP contribution in [0.25, 0.3) is 5.82 Å². The smallest absolute Gasteiger partial charge is 0.156 e. The highest BCUT2D eigenvalue weighted by Gasteiger charge is 2.23. The molecule has 0 spiro atoms. The Morgan fingerprint density at radius 3 is 2.92 bits per heavy atom. The highest BCUT2D eigenvalue weighted by atomic mass is 15.1. The Morgan fingerprint density at radius 2 is 2.12 bits per heavy atom. The van der Waals surface area contributed by atoms with E-state index < -0.39 is 0 Å². The molecule has 3 aromatic heterocycles. The molecule has 0 aliphatic carbocycles. The van der Waals surface area contributed by atoms with E-state index >= 15 is 0 Å². The number of piperidine rings is 1. The van der Waals surface area contributed by atoms with Crippen molar-refractivity contribution in [2.24, 2.45) is 0 Å². The summed E-state index contributed by atoms with van der Waals surface area (Å²) in [5.41, 5.74) is 3.40. The van der Waals surface area contributed by atoms with Crippen LogP contribution in [0, 0.1) is 6.92 Å². The van der Waals surface area contributed by atoms with Gasteiger partial charge in [-0.25, -0.2) is 9.97 Å². The summed E-state index contributed by atoms with van der Waals surface area (Å²) >= 11 is 0. The van der Waals surface area contributed by atoms with Gasteiger partial charge in [0.1, 0.15) is 6.33 Å². The number of pyridine rings is 1. The van der Waals surface area contributed by atoms with Gasteiger partial charge in [-0.15, -0.1) is 0 Å². The molecule has 0 bridgehead atoms. The molecule has 128 valence electrons. The van der Waals surface area contributed by atoms with Gasteiger partial charge in [-0.3, -0.25) is 19.4 Å². The quantitative estimate of drug-likeness (QED) is 0.734. The molecule has 0 aromatic carbocycles. The normalized spacial score (nSPS) is 18.4. The molecule has 0 saturated carbocycles. The van der Waals surface area contributed by atoms with Crippen LogP contribution in [0.2, 0.25) is 0 Å². The summed E-state index contributed by atoms with van der Waals surface area (Å²) < 4.78 is 1.90. The van der Waals surface area contributed by atoms with E-state index in [1.165, 1.54) is 12.0 Å². The van der Waals surface area contributed by atoms with Crippen LogP contribution in [0.4, 0.5) is 0 Å². The lowest BCUT2D eigenvalue weighted by atomic mass is 9.94. The van der Waals surface area contributed by atoms with E-state index in [9.17, 15) is 0 Å². The van der Waals surface area contributed by atoms with Gasteiger partial charge < -0.3 is 0 Å². The molecule has 0 N–H and O–H groups in total. The van der Waals surface area contributed by atoms with Gasteiger partial charge in [0.2, 0.25) is 0 Å². The van der Waals surface area contributed by atoms with Crippen molar-refractivity contribution in [1.29, 1.82) is 0 Å². The first-order valence-corrected chi connectivity index (χ1v) is 8.72. The monoisotopic (exact) mass is 334 g/mol. The molecule has 25 heavy (non-hydrogen) atoms. The summed E-state index contributed by atoms with van der Waals surface area (Å²) in [5, 5.41) is 0. The minimum Gasteiger partial charge on any atom is -0.298 e. The van der Waals surface area contributed by atoms with Gasteiger partial charge >= 0.3 is 0 Å². The third-order valence-corrected chi connectivity index (χ3v) is 4.71. The summed E-state index contributed by atoms with van der Waals surface area (Å²) in [7, 11) is 0. The topological polar surface area (TPSA) is 59.7 Å². The largest absolute Gasteiger partial charge is 0.298 e. The van der Waals surface area contributed by atoms with E-state index in [2.05, 4.69) is 32.0 Å². The molecule has 3 aromatic rings. The van der Waals surface area contributed by atoms with Gasteiger partial charge in [-0.2, -0.15) is 0 Å². The fraction of sp³-hybridized carbons (Fsp3) is 0.368. The Bertz CT molecular complexity index is 812. The Labute approximate surface area is 147 Å². The summed E-state index contributed by atoms with van der Waals surface area (Å²) in [5.74, 6) is 1.25. The molecule has 6 heteroatoms.